The minimum atomic E-state index is -0.635. The number of benzene rings is 2. The first kappa shape index (κ1) is 26.5. The molecule has 184 valence electrons. The lowest BCUT2D eigenvalue weighted by Crippen LogP contribution is -2.53. The summed E-state index contributed by atoms with van der Waals surface area (Å²) in [7, 11) is 0. The van der Waals surface area contributed by atoms with Gasteiger partial charge in [-0.05, 0) is 69.0 Å². The Hall–Kier alpha value is -2.08. The third kappa shape index (κ3) is 6.32. The van der Waals surface area contributed by atoms with E-state index < -0.39 is 23.5 Å². The van der Waals surface area contributed by atoms with Gasteiger partial charge in [0.1, 0.15) is 5.60 Å². The van der Waals surface area contributed by atoms with Crippen molar-refractivity contribution in [2.24, 2.45) is 5.92 Å². The molecule has 34 heavy (non-hydrogen) atoms. The number of rotatable bonds is 7. The van der Waals surface area contributed by atoms with Crippen molar-refractivity contribution in [3.05, 3.63) is 69.7 Å². The monoisotopic (exact) mass is 505 g/mol. The number of piperidine rings is 1. The number of nitrogens with zero attached hydrogens (tertiary/aromatic N) is 1. The molecular weight excluding hydrogens is 473 g/mol. The molecule has 0 bridgehead atoms. The summed E-state index contributed by atoms with van der Waals surface area (Å²) < 4.78 is 5.53. The van der Waals surface area contributed by atoms with Crippen LogP contribution in [0.4, 0.5) is 0 Å². The van der Waals surface area contributed by atoms with E-state index in [4.69, 9.17) is 27.9 Å². The maximum Gasteiger partial charge on any atom is 0.307 e. The number of hydrogen-bond donors (Lipinski definition) is 1. The van der Waals surface area contributed by atoms with E-state index >= 15 is 0 Å². The SMILES string of the molecule is CCC(CO)N1C(=O)[C@@H](CC(=O)OC(C)(C)C)C[C@H](c2cccc(Cl)c2)[C@H]1c1ccc(Cl)cc1. The average Bonchev–Trinajstić information content (AvgIpc) is 2.76. The summed E-state index contributed by atoms with van der Waals surface area (Å²) in [5.41, 5.74) is 1.27. The van der Waals surface area contributed by atoms with Crippen LogP contribution in [-0.2, 0) is 14.3 Å². The highest BCUT2D eigenvalue weighted by atomic mass is 35.5. The Balaban J connectivity index is 2.09. The van der Waals surface area contributed by atoms with E-state index in [1.54, 1.807) is 17.0 Å². The Morgan fingerprint density at radius 1 is 1.12 bits per heavy atom. The molecular formula is C27H33Cl2NO4. The highest BCUT2D eigenvalue weighted by Gasteiger charge is 2.46. The number of halogens is 2. The first-order valence-electron chi connectivity index (χ1n) is 11.7. The third-order valence-electron chi connectivity index (χ3n) is 6.22. The van der Waals surface area contributed by atoms with Crippen molar-refractivity contribution in [1.82, 2.24) is 4.90 Å². The van der Waals surface area contributed by atoms with E-state index in [-0.39, 0.29) is 30.9 Å². The minimum Gasteiger partial charge on any atom is -0.460 e. The van der Waals surface area contributed by atoms with Crippen LogP contribution in [0.15, 0.2) is 48.5 Å². The molecule has 1 saturated heterocycles. The normalized spacial score (nSPS) is 21.9. The lowest BCUT2D eigenvalue weighted by Gasteiger charge is -2.48. The summed E-state index contributed by atoms with van der Waals surface area (Å²) in [6, 6.07) is 14.3. The molecule has 1 unspecified atom stereocenters. The maximum atomic E-state index is 13.8. The van der Waals surface area contributed by atoms with Gasteiger partial charge in [0.2, 0.25) is 5.91 Å². The van der Waals surface area contributed by atoms with Gasteiger partial charge in [-0.2, -0.15) is 0 Å². The number of esters is 1. The van der Waals surface area contributed by atoms with Gasteiger partial charge in [0.05, 0.1) is 25.1 Å². The van der Waals surface area contributed by atoms with Gasteiger partial charge >= 0.3 is 5.97 Å². The van der Waals surface area contributed by atoms with Crippen LogP contribution in [0, 0.1) is 5.92 Å². The molecule has 0 aliphatic carbocycles. The van der Waals surface area contributed by atoms with Gasteiger partial charge in [-0.25, -0.2) is 0 Å². The van der Waals surface area contributed by atoms with Gasteiger partial charge in [0, 0.05) is 21.9 Å². The zero-order chi connectivity index (χ0) is 25.0. The van der Waals surface area contributed by atoms with Crippen LogP contribution in [0.1, 0.15) is 70.0 Å². The highest BCUT2D eigenvalue weighted by molar-refractivity contribution is 6.30. The average molecular weight is 506 g/mol. The van der Waals surface area contributed by atoms with E-state index in [9.17, 15) is 14.7 Å². The van der Waals surface area contributed by atoms with Crippen LogP contribution >= 0.6 is 23.2 Å². The van der Waals surface area contributed by atoms with Crippen molar-refractivity contribution < 1.29 is 19.4 Å². The second-order valence-electron chi connectivity index (χ2n) is 9.87. The number of aliphatic hydroxyl groups is 1. The van der Waals surface area contributed by atoms with E-state index in [0.29, 0.717) is 22.9 Å². The molecule has 2 aromatic carbocycles. The summed E-state index contributed by atoms with van der Waals surface area (Å²) >= 11 is 12.5. The summed E-state index contributed by atoms with van der Waals surface area (Å²) in [6.07, 6.45) is 1.02. The van der Waals surface area contributed by atoms with Crippen LogP contribution in [0.2, 0.25) is 10.0 Å². The molecule has 0 spiro atoms. The van der Waals surface area contributed by atoms with E-state index in [2.05, 4.69) is 0 Å². The fraction of sp³-hybridized carbons (Fsp3) is 0.481. The minimum absolute atomic E-state index is 0.0150. The van der Waals surface area contributed by atoms with Gasteiger partial charge in [0.15, 0.2) is 0 Å². The van der Waals surface area contributed by atoms with Gasteiger partial charge in [-0.15, -0.1) is 0 Å². The zero-order valence-corrected chi connectivity index (χ0v) is 21.6. The number of amides is 1. The van der Waals surface area contributed by atoms with Gasteiger partial charge in [-0.3, -0.25) is 9.59 Å². The largest absolute Gasteiger partial charge is 0.460 e. The summed E-state index contributed by atoms with van der Waals surface area (Å²) in [5, 5.41) is 11.4. The molecule has 1 amide bonds. The Bertz CT molecular complexity index is 998. The van der Waals surface area contributed by atoms with Gasteiger partial charge in [-0.1, -0.05) is 54.4 Å². The van der Waals surface area contributed by atoms with Crippen LogP contribution in [0.5, 0.6) is 0 Å². The highest BCUT2D eigenvalue weighted by Crippen LogP contribution is 2.47. The smallest absolute Gasteiger partial charge is 0.307 e. The second kappa shape index (κ2) is 11.1. The quantitative estimate of drug-likeness (QED) is 0.456. The third-order valence-corrected chi connectivity index (χ3v) is 6.71. The summed E-state index contributed by atoms with van der Waals surface area (Å²) in [6.45, 7) is 7.20. The molecule has 0 saturated carbocycles. The molecule has 7 heteroatoms. The fourth-order valence-electron chi connectivity index (χ4n) is 4.76. The predicted octanol–water partition coefficient (Wildman–Crippen LogP) is 6.17. The van der Waals surface area contributed by atoms with Crippen molar-refractivity contribution in [2.75, 3.05) is 6.61 Å². The van der Waals surface area contributed by atoms with E-state index in [0.717, 1.165) is 11.1 Å². The fourth-order valence-corrected chi connectivity index (χ4v) is 5.09. The molecule has 1 fully saturated rings. The molecule has 0 aromatic heterocycles. The maximum absolute atomic E-state index is 13.8. The molecule has 1 aliphatic heterocycles. The van der Waals surface area contributed by atoms with Gasteiger partial charge in [0.25, 0.3) is 0 Å². The van der Waals surface area contributed by atoms with E-state index in [1.165, 1.54) is 0 Å². The number of hydrogen-bond acceptors (Lipinski definition) is 4. The van der Waals surface area contributed by atoms with Crippen molar-refractivity contribution in [3.8, 4) is 0 Å². The predicted molar refractivity (Wildman–Crippen MR) is 135 cm³/mol. The Kier molecular flexibility index (Phi) is 8.66. The number of likely N-dealkylation sites (tertiary alicyclic amines) is 1. The molecule has 4 atom stereocenters. The van der Waals surface area contributed by atoms with Gasteiger partial charge < -0.3 is 14.7 Å². The molecule has 3 rings (SSSR count). The van der Waals surface area contributed by atoms with E-state index in [1.807, 2.05) is 64.1 Å². The Morgan fingerprint density at radius 3 is 2.35 bits per heavy atom. The molecule has 0 radical (unpaired) electrons. The van der Waals surface area contributed by atoms with Crippen molar-refractivity contribution >= 4 is 35.1 Å². The van der Waals surface area contributed by atoms with Crippen molar-refractivity contribution in [3.63, 3.8) is 0 Å². The zero-order valence-electron chi connectivity index (χ0n) is 20.1. The number of carbonyl (C=O) groups is 2. The molecule has 1 N–H and O–H groups in total. The Morgan fingerprint density at radius 2 is 1.79 bits per heavy atom. The van der Waals surface area contributed by atoms with Crippen molar-refractivity contribution in [1.29, 1.82) is 0 Å². The standard InChI is InChI=1S/C27H33Cl2NO4/c1-5-22(16-31)30-25(17-9-11-20(28)12-10-17)23(18-7-6-8-21(29)13-18)14-19(26(30)33)15-24(32)34-27(2,3)4/h6-13,19,22-23,25,31H,5,14-16H2,1-4H3/t19-,22?,23-,25-/m1/s1. The van der Waals surface area contributed by atoms with Crippen LogP contribution in [0.3, 0.4) is 0 Å². The Labute approximate surface area is 212 Å². The van der Waals surface area contributed by atoms with Crippen LogP contribution < -0.4 is 0 Å². The molecule has 1 aliphatic rings. The summed E-state index contributed by atoms with van der Waals surface area (Å²) in [5.74, 6) is -1.25. The summed E-state index contributed by atoms with van der Waals surface area (Å²) in [4.78, 5) is 28.3. The first-order valence-corrected chi connectivity index (χ1v) is 12.5. The van der Waals surface area contributed by atoms with Crippen molar-refractivity contribution in [2.45, 2.75) is 70.6 Å². The van der Waals surface area contributed by atoms with Crippen LogP contribution in [0.25, 0.3) is 0 Å². The number of aliphatic hydroxyl groups excluding tert-OH is 1. The second-order valence-corrected chi connectivity index (χ2v) is 10.7. The topological polar surface area (TPSA) is 66.8 Å². The van der Waals surface area contributed by atoms with Crippen LogP contribution in [-0.4, -0.2) is 40.1 Å². The molecule has 5 nitrogen and oxygen atoms in total. The lowest BCUT2D eigenvalue weighted by atomic mass is 9.74. The first-order chi connectivity index (χ1) is 16.0. The molecule has 1 heterocycles. The number of carbonyl (C=O) groups excluding carboxylic acids is 2. The molecule has 2 aromatic rings. The lowest BCUT2D eigenvalue weighted by molar-refractivity contribution is -0.162. The number of ether oxygens (including phenoxy) is 1.